The molecular formula is C10H10Cl2N4O. The number of benzene rings is 1. The van der Waals surface area contributed by atoms with E-state index in [1.54, 1.807) is 18.3 Å². The number of rotatable bonds is 2. The molecule has 0 unspecified atom stereocenters. The molecule has 90 valence electrons. The lowest BCUT2D eigenvalue weighted by Gasteiger charge is -2.08. The first-order valence-electron chi connectivity index (χ1n) is 4.66. The summed E-state index contributed by atoms with van der Waals surface area (Å²) in [5, 5.41) is 0.885. The Labute approximate surface area is 108 Å². The van der Waals surface area contributed by atoms with Gasteiger partial charge in [0.25, 0.3) is 0 Å². The number of halogens is 2. The van der Waals surface area contributed by atoms with Gasteiger partial charge in [0.05, 0.1) is 24.0 Å². The van der Waals surface area contributed by atoms with Gasteiger partial charge in [0.2, 0.25) is 5.95 Å². The SMILES string of the molecule is COc1c(Cl)cc(Cl)cc1-c1cn(N)c(N)n1. The molecule has 0 bridgehead atoms. The highest BCUT2D eigenvalue weighted by Crippen LogP contribution is 2.38. The molecule has 0 saturated carbocycles. The van der Waals surface area contributed by atoms with Crippen molar-refractivity contribution in [3.05, 3.63) is 28.4 Å². The lowest BCUT2D eigenvalue weighted by molar-refractivity contribution is 0.416. The van der Waals surface area contributed by atoms with Gasteiger partial charge < -0.3 is 16.3 Å². The van der Waals surface area contributed by atoms with Crippen molar-refractivity contribution >= 4 is 29.2 Å². The lowest BCUT2D eigenvalue weighted by Crippen LogP contribution is -2.09. The molecule has 2 rings (SSSR count). The molecule has 0 spiro atoms. The van der Waals surface area contributed by atoms with Crippen LogP contribution in [0.15, 0.2) is 18.3 Å². The molecule has 1 heterocycles. The monoisotopic (exact) mass is 272 g/mol. The van der Waals surface area contributed by atoms with E-state index < -0.39 is 0 Å². The fourth-order valence-electron chi connectivity index (χ4n) is 1.50. The van der Waals surface area contributed by atoms with Crippen molar-refractivity contribution in [3.63, 3.8) is 0 Å². The zero-order chi connectivity index (χ0) is 12.6. The normalized spacial score (nSPS) is 10.5. The molecule has 0 aliphatic carbocycles. The van der Waals surface area contributed by atoms with E-state index in [0.29, 0.717) is 27.1 Å². The molecule has 4 N–H and O–H groups in total. The Bertz CT molecular complexity index is 548. The van der Waals surface area contributed by atoms with Crippen LogP contribution in [0.25, 0.3) is 11.3 Å². The molecule has 1 aromatic heterocycles. The van der Waals surface area contributed by atoms with Crippen LogP contribution in [0.2, 0.25) is 10.0 Å². The number of nitrogens with zero attached hydrogens (tertiary/aromatic N) is 2. The van der Waals surface area contributed by atoms with Crippen LogP contribution < -0.4 is 16.3 Å². The van der Waals surface area contributed by atoms with Gasteiger partial charge in [-0.2, -0.15) is 0 Å². The third kappa shape index (κ3) is 2.11. The Morgan fingerprint density at radius 3 is 2.59 bits per heavy atom. The van der Waals surface area contributed by atoms with Crippen LogP contribution >= 0.6 is 23.2 Å². The summed E-state index contributed by atoms with van der Waals surface area (Å²) in [6, 6.07) is 3.28. The van der Waals surface area contributed by atoms with Gasteiger partial charge in [-0.15, -0.1) is 0 Å². The summed E-state index contributed by atoms with van der Waals surface area (Å²) in [7, 11) is 1.52. The number of hydrogen-bond donors (Lipinski definition) is 2. The number of nitrogens with two attached hydrogens (primary N) is 2. The van der Waals surface area contributed by atoms with E-state index in [-0.39, 0.29) is 5.95 Å². The van der Waals surface area contributed by atoms with Crippen LogP contribution in [-0.4, -0.2) is 16.8 Å². The van der Waals surface area contributed by atoms with E-state index in [1.807, 2.05) is 0 Å². The van der Waals surface area contributed by atoms with Crippen LogP contribution in [0.5, 0.6) is 5.75 Å². The number of ether oxygens (including phenoxy) is 1. The zero-order valence-electron chi connectivity index (χ0n) is 8.95. The molecule has 1 aromatic carbocycles. The molecule has 2 aromatic rings. The highest BCUT2D eigenvalue weighted by molar-refractivity contribution is 6.36. The molecule has 0 fully saturated rings. The van der Waals surface area contributed by atoms with Crippen LogP contribution in [-0.2, 0) is 0 Å². The summed E-state index contributed by atoms with van der Waals surface area (Å²) in [6.07, 6.45) is 1.57. The van der Waals surface area contributed by atoms with E-state index in [2.05, 4.69) is 4.98 Å². The van der Waals surface area contributed by atoms with Gasteiger partial charge in [-0.3, -0.25) is 0 Å². The first kappa shape index (κ1) is 11.9. The highest BCUT2D eigenvalue weighted by Gasteiger charge is 2.15. The van der Waals surface area contributed by atoms with Crippen LogP contribution in [0.1, 0.15) is 0 Å². The molecule has 0 aliphatic heterocycles. The quantitative estimate of drug-likeness (QED) is 0.822. The summed E-state index contributed by atoms with van der Waals surface area (Å²) in [6.45, 7) is 0. The second kappa shape index (κ2) is 4.35. The third-order valence-electron chi connectivity index (χ3n) is 2.25. The van der Waals surface area contributed by atoms with E-state index >= 15 is 0 Å². The Kier molecular flexibility index (Phi) is 3.04. The molecular weight excluding hydrogens is 263 g/mol. The van der Waals surface area contributed by atoms with Crippen molar-refractivity contribution in [2.75, 3.05) is 18.7 Å². The van der Waals surface area contributed by atoms with Gasteiger partial charge in [0, 0.05) is 10.6 Å². The smallest absolute Gasteiger partial charge is 0.219 e. The fraction of sp³-hybridized carbons (Fsp3) is 0.100. The van der Waals surface area contributed by atoms with Crippen molar-refractivity contribution in [1.29, 1.82) is 0 Å². The lowest BCUT2D eigenvalue weighted by atomic mass is 10.1. The fourth-order valence-corrected chi connectivity index (χ4v) is 2.07. The Hall–Kier alpha value is -1.59. The predicted octanol–water partition coefficient (Wildman–Crippen LogP) is 2.16. The maximum absolute atomic E-state index is 6.02. The number of anilines is 1. The van der Waals surface area contributed by atoms with Gasteiger partial charge in [0.1, 0.15) is 5.75 Å². The Morgan fingerprint density at radius 1 is 1.35 bits per heavy atom. The second-order valence-corrected chi connectivity index (χ2v) is 4.20. The highest BCUT2D eigenvalue weighted by atomic mass is 35.5. The molecule has 17 heavy (non-hydrogen) atoms. The third-order valence-corrected chi connectivity index (χ3v) is 2.75. The second-order valence-electron chi connectivity index (χ2n) is 3.36. The first-order valence-corrected chi connectivity index (χ1v) is 5.42. The van der Waals surface area contributed by atoms with Gasteiger partial charge in [-0.25, -0.2) is 9.66 Å². The summed E-state index contributed by atoms with van der Waals surface area (Å²) in [5.74, 6) is 6.24. The number of nitrogen functional groups attached to an aromatic ring is 2. The maximum Gasteiger partial charge on any atom is 0.219 e. The van der Waals surface area contributed by atoms with Crippen LogP contribution in [0, 0.1) is 0 Å². The van der Waals surface area contributed by atoms with Crippen molar-refractivity contribution < 1.29 is 4.74 Å². The van der Waals surface area contributed by atoms with Crippen molar-refractivity contribution in [2.24, 2.45) is 0 Å². The van der Waals surface area contributed by atoms with E-state index in [0.717, 1.165) is 0 Å². The summed E-state index contributed by atoms with van der Waals surface area (Å²) >= 11 is 12.0. The van der Waals surface area contributed by atoms with E-state index in [1.165, 1.54) is 11.8 Å². The number of imidazole rings is 1. The number of methoxy groups -OCH3 is 1. The predicted molar refractivity (Wildman–Crippen MR) is 68.8 cm³/mol. The standard InChI is InChI=1S/C10H10Cl2N4O/c1-17-9-6(2-5(11)3-7(9)12)8-4-16(14)10(13)15-8/h2-4H,14H2,1H3,(H2,13,15). The maximum atomic E-state index is 6.02. The minimum absolute atomic E-state index is 0.193. The summed E-state index contributed by atoms with van der Waals surface area (Å²) in [5.41, 5.74) is 6.75. The van der Waals surface area contributed by atoms with Crippen LogP contribution in [0.3, 0.4) is 0 Å². The molecule has 0 aliphatic rings. The first-order chi connectivity index (χ1) is 8.02. The molecule has 0 radical (unpaired) electrons. The topological polar surface area (TPSA) is 79.1 Å². The van der Waals surface area contributed by atoms with Crippen LogP contribution in [0.4, 0.5) is 5.95 Å². The molecule has 7 heteroatoms. The molecule has 0 atom stereocenters. The summed E-state index contributed by atoms with van der Waals surface area (Å²) in [4.78, 5) is 4.09. The van der Waals surface area contributed by atoms with Gasteiger partial charge in [0.15, 0.2) is 0 Å². The molecule has 0 amide bonds. The van der Waals surface area contributed by atoms with Gasteiger partial charge >= 0.3 is 0 Å². The Balaban J connectivity index is 2.65. The van der Waals surface area contributed by atoms with E-state index in [4.69, 9.17) is 39.5 Å². The Morgan fingerprint density at radius 2 is 2.06 bits per heavy atom. The zero-order valence-corrected chi connectivity index (χ0v) is 10.5. The average molecular weight is 273 g/mol. The molecule has 5 nitrogen and oxygen atoms in total. The molecule has 0 saturated heterocycles. The van der Waals surface area contributed by atoms with E-state index in [9.17, 15) is 0 Å². The summed E-state index contributed by atoms with van der Waals surface area (Å²) < 4.78 is 6.43. The van der Waals surface area contributed by atoms with Gasteiger partial charge in [-0.05, 0) is 12.1 Å². The average Bonchev–Trinajstić information content (AvgIpc) is 2.58. The largest absolute Gasteiger partial charge is 0.494 e. The van der Waals surface area contributed by atoms with Crippen molar-refractivity contribution in [3.8, 4) is 17.0 Å². The van der Waals surface area contributed by atoms with Crippen molar-refractivity contribution in [2.45, 2.75) is 0 Å². The number of hydrogen-bond acceptors (Lipinski definition) is 4. The van der Waals surface area contributed by atoms with Gasteiger partial charge in [-0.1, -0.05) is 23.2 Å². The number of aromatic nitrogens is 2. The minimum atomic E-state index is 0.193. The van der Waals surface area contributed by atoms with Crippen molar-refractivity contribution in [1.82, 2.24) is 9.66 Å². The minimum Gasteiger partial charge on any atom is -0.494 e.